The highest BCUT2D eigenvalue weighted by molar-refractivity contribution is 6.31. The van der Waals surface area contributed by atoms with Crippen LogP contribution in [0.5, 0.6) is 0 Å². The molecule has 1 aliphatic heterocycles. The Balaban J connectivity index is 1.24. The number of hydrogen-bond acceptors (Lipinski definition) is 4. The average Bonchev–Trinajstić information content (AvgIpc) is 2.90. The molecule has 1 saturated heterocycles. The smallest absolute Gasteiger partial charge is 0.414 e. The van der Waals surface area contributed by atoms with Crippen molar-refractivity contribution in [2.24, 2.45) is 0 Å². The van der Waals surface area contributed by atoms with Gasteiger partial charge in [0, 0.05) is 40.5 Å². The fourth-order valence-electron chi connectivity index (χ4n) is 4.92. The van der Waals surface area contributed by atoms with E-state index in [4.69, 9.17) is 16.3 Å². The van der Waals surface area contributed by atoms with Gasteiger partial charge in [-0.2, -0.15) is 0 Å². The molecule has 8 heteroatoms. The highest BCUT2D eigenvalue weighted by atomic mass is 35.5. The van der Waals surface area contributed by atoms with Crippen molar-refractivity contribution in [3.05, 3.63) is 76.8 Å². The summed E-state index contributed by atoms with van der Waals surface area (Å²) in [6, 6.07) is 17.8. The van der Waals surface area contributed by atoms with E-state index in [1.54, 1.807) is 35.2 Å². The molecule has 186 valence electrons. The zero-order valence-corrected chi connectivity index (χ0v) is 20.6. The minimum absolute atomic E-state index is 0.154. The van der Waals surface area contributed by atoms with Crippen molar-refractivity contribution >= 4 is 46.0 Å². The number of rotatable bonds is 5. The summed E-state index contributed by atoms with van der Waals surface area (Å²) in [6.07, 6.45) is 3.99. The van der Waals surface area contributed by atoms with E-state index in [0.717, 1.165) is 42.9 Å². The maximum absolute atomic E-state index is 13.0. The lowest BCUT2D eigenvalue weighted by molar-refractivity contribution is 0.0863. The van der Waals surface area contributed by atoms with Crippen LogP contribution < -0.4 is 15.5 Å². The first kappa shape index (κ1) is 24.1. The van der Waals surface area contributed by atoms with E-state index >= 15 is 0 Å². The van der Waals surface area contributed by atoms with E-state index < -0.39 is 0 Å². The van der Waals surface area contributed by atoms with Crippen molar-refractivity contribution in [3.8, 4) is 0 Å². The van der Waals surface area contributed by atoms with Gasteiger partial charge in [-0.3, -0.25) is 14.5 Å². The van der Waals surface area contributed by atoms with Gasteiger partial charge in [-0.05, 0) is 78.6 Å². The van der Waals surface area contributed by atoms with Crippen LogP contribution in [0.2, 0.25) is 5.02 Å². The molecule has 0 radical (unpaired) electrons. The Hall–Kier alpha value is -3.58. The standard InChI is InChI=1S/C28H28ClN3O4/c29-22-11-8-19-16-21(7-6-20(19)17-22)27(34)31-25-5-2-1-4-24(25)30-26(33)18-9-12-23(13-10-18)32-14-3-15-36-28(32)35/h6-13,16-17,24-25H,1-5,14-15H2,(H,30,33)(H,31,34). The number of amides is 3. The van der Waals surface area contributed by atoms with Crippen LogP contribution in [0.3, 0.4) is 0 Å². The third kappa shape index (κ3) is 5.31. The Kier molecular flexibility index (Phi) is 7.09. The SMILES string of the molecule is O=C(NC1CCCCC1NC(=O)c1ccc2cc(Cl)ccc2c1)c1ccc(N2CCCOC2=O)cc1. The third-order valence-electron chi connectivity index (χ3n) is 6.88. The van der Waals surface area contributed by atoms with Gasteiger partial charge in [-0.1, -0.05) is 36.6 Å². The zero-order chi connectivity index (χ0) is 25.1. The van der Waals surface area contributed by atoms with Crippen molar-refractivity contribution < 1.29 is 19.1 Å². The third-order valence-corrected chi connectivity index (χ3v) is 7.11. The molecule has 2 unspecified atom stereocenters. The average molecular weight is 506 g/mol. The van der Waals surface area contributed by atoms with Gasteiger partial charge in [0.25, 0.3) is 11.8 Å². The second kappa shape index (κ2) is 10.6. The number of carbonyl (C=O) groups excluding carboxylic acids is 3. The predicted molar refractivity (Wildman–Crippen MR) is 140 cm³/mol. The van der Waals surface area contributed by atoms with E-state index in [9.17, 15) is 14.4 Å². The quantitative estimate of drug-likeness (QED) is 0.492. The van der Waals surface area contributed by atoms with E-state index in [1.165, 1.54) is 0 Å². The molecule has 2 aliphatic rings. The topological polar surface area (TPSA) is 87.7 Å². The molecule has 3 aromatic carbocycles. The first-order valence-electron chi connectivity index (χ1n) is 12.3. The maximum atomic E-state index is 13.0. The molecule has 2 fully saturated rings. The molecule has 1 aliphatic carbocycles. The minimum atomic E-state index is -0.366. The van der Waals surface area contributed by atoms with E-state index in [1.807, 2.05) is 30.3 Å². The summed E-state index contributed by atoms with van der Waals surface area (Å²) in [5, 5.41) is 8.83. The van der Waals surface area contributed by atoms with Crippen molar-refractivity contribution in [2.75, 3.05) is 18.1 Å². The lowest BCUT2D eigenvalue weighted by Gasteiger charge is -2.33. The van der Waals surface area contributed by atoms with Crippen LogP contribution in [0, 0.1) is 0 Å². The molecule has 5 rings (SSSR count). The largest absolute Gasteiger partial charge is 0.449 e. The lowest BCUT2D eigenvalue weighted by atomic mass is 9.89. The Bertz CT molecular complexity index is 1290. The number of hydrogen-bond donors (Lipinski definition) is 2. The Morgan fingerprint density at radius 1 is 0.806 bits per heavy atom. The molecular weight excluding hydrogens is 478 g/mol. The van der Waals surface area contributed by atoms with Gasteiger partial charge in [0.1, 0.15) is 0 Å². The predicted octanol–water partition coefficient (Wildman–Crippen LogP) is 5.31. The van der Waals surface area contributed by atoms with Gasteiger partial charge >= 0.3 is 6.09 Å². The number of ether oxygens (including phenoxy) is 1. The maximum Gasteiger partial charge on any atom is 0.414 e. The Labute approximate surface area is 214 Å². The van der Waals surface area contributed by atoms with Crippen molar-refractivity contribution in [3.63, 3.8) is 0 Å². The van der Waals surface area contributed by atoms with Crippen LogP contribution in [0.1, 0.15) is 52.8 Å². The molecule has 2 atom stereocenters. The normalized spacial score (nSPS) is 20.0. The molecule has 3 amide bonds. The van der Waals surface area contributed by atoms with Crippen molar-refractivity contribution in [1.29, 1.82) is 0 Å². The summed E-state index contributed by atoms with van der Waals surface area (Å²) in [4.78, 5) is 39.6. The van der Waals surface area contributed by atoms with Crippen LogP contribution in [0.4, 0.5) is 10.5 Å². The molecule has 2 N–H and O–H groups in total. The Morgan fingerprint density at radius 2 is 1.42 bits per heavy atom. The fourth-order valence-corrected chi connectivity index (χ4v) is 5.10. The van der Waals surface area contributed by atoms with E-state index in [-0.39, 0.29) is 30.0 Å². The van der Waals surface area contributed by atoms with Gasteiger partial charge in [0.2, 0.25) is 0 Å². The van der Waals surface area contributed by atoms with Crippen LogP contribution in [-0.4, -0.2) is 43.1 Å². The highest BCUT2D eigenvalue weighted by Crippen LogP contribution is 2.23. The highest BCUT2D eigenvalue weighted by Gasteiger charge is 2.29. The minimum Gasteiger partial charge on any atom is -0.449 e. The molecule has 7 nitrogen and oxygen atoms in total. The summed E-state index contributed by atoms with van der Waals surface area (Å²) < 4.78 is 5.09. The zero-order valence-electron chi connectivity index (χ0n) is 19.8. The van der Waals surface area contributed by atoms with Gasteiger partial charge < -0.3 is 15.4 Å². The number of fused-ring (bicyclic) bond motifs is 1. The van der Waals surface area contributed by atoms with E-state index in [2.05, 4.69) is 10.6 Å². The molecule has 0 aromatic heterocycles. The number of nitrogens with one attached hydrogen (secondary N) is 2. The van der Waals surface area contributed by atoms with E-state index in [0.29, 0.717) is 35.0 Å². The first-order valence-corrected chi connectivity index (χ1v) is 12.7. The molecule has 1 saturated carbocycles. The van der Waals surface area contributed by atoms with Crippen LogP contribution in [0.25, 0.3) is 10.8 Å². The number of halogens is 1. The first-order chi connectivity index (χ1) is 17.5. The number of carbonyl (C=O) groups is 3. The monoisotopic (exact) mass is 505 g/mol. The van der Waals surface area contributed by atoms with Crippen molar-refractivity contribution in [1.82, 2.24) is 10.6 Å². The van der Waals surface area contributed by atoms with Crippen LogP contribution in [0.15, 0.2) is 60.7 Å². The summed E-state index contributed by atoms with van der Waals surface area (Å²) in [5.41, 5.74) is 1.79. The van der Waals surface area contributed by atoms with Gasteiger partial charge in [-0.25, -0.2) is 4.79 Å². The molecule has 0 spiro atoms. The summed E-state index contributed by atoms with van der Waals surface area (Å²) >= 11 is 6.07. The second-order valence-corrected chi connectivity index (χ2v) is 9.75. The fraction of sp³-hybridized carbons (Fsp3) is 0.321. The Morgan fingerprint density at radius 3 is 2.11 bits per heavy atom. The number of cyclic esters (lactones) is 1. The number of nitrogens with zero attached hydrogens (tertiary/aromatic N) is 1. The number of anilines is 1. The molecule has 1 heterocycles. The van der Waals surface area contributed by atoms with Gasteiger partial charge in [0.05, 0.1) is 6.61 Å². The number of benzene rings is 3. The molecule has 0 bridgehead atoms. The van der Waals surface area contributed by atoms with Gasteiger partial charge in [0.15, 0.2) is 0 Å². The molecule has 3 aromatic rings. The van der Waals surface area contributed by atoms with Gasteiger partial charge in [-0.15, -0.1) is 0 Å². The lowest BCUT2D eigenvalue weighted by Crippen LogP contribution is -2.53. The summed E-state index contributed by atoms with van der Waals surface area (Å²) in [6.45, 7) is 1.03. The van der Waals surface area contributed by atoms with Crippen LogP contribution >= 0.6 is 11.6 Å². The molecular formula is C28H28ClN3O4. The van der Waals surface area contributed by atoms with Crippen LogP contribution in [-0.2, 0) is 4.74 Å². The van der Waals surface area contributed by atoms with Crippen molar-refractivity contribution in [2.45, 2.75) is 44.2 Å². The summed E-state index contributed by atoms with van der Waals surface area (Å²) in [5.74, 6) is -0.354. The second-order valence-electron chi connectivity index (χ2n) is 9.32. The molecule has 36 heavy (non-hydrogen) atoms. The summed E-state index contributed by atoms with van der Waals surface area (Å²) in [7, 11) is 0.